The Hall–Kier alpha value is -0.920. The average Bonchev–Trinajstić information content (AvgIpc) is 2.30. The van der Waals surface area contributed by atoms with E-state index in [-0.39, 0.29) is 5.92 Å². The van der Waals surface area contributed by atoms with E-state index in [1.54, 1.807) is 0 Å². The van der Waals surface area contributed by atoms with Crippen molar-refractivity contribution in [2.75, 3.05) is 0 Å². The number of Topliss-reactive ketones (excluding diaryl/α,β-unsaturated/α-hetero) is 1. The summed E-state index contributed by atoms with van der Waals surface area (Å²) < 4.78 is 0. The number of rotatable bonds is 5. The Morgan fingerprint density at radius 2 is 1.75 bits per heavy atom. The fourth-order valence-electron chi connectivity index (χ4n) is 2.31. The molecule has 90 valence electrons. The van der Waals surface area contributed by atoms with E-state index in [1.807, 2.05) is 13.8 Å². The van der Waals surface area contributed by atoms with Crippen molar-refractivity contribution in [3.05, 3.63) is 11.1 Å². The molecule has 0 aliphatic heterocycles. The van der Waals surface area contributed by atoms with Gasteiger partial charge in [0.2, 0.25) is 0 Å². The molecule has 0 aromatic carbocycles. The first-order chi connectivity index (χ1) is 7.65. The highest BCUT2D eigenvalue weighted by Crippen LogP contribution is 2.26. The summed E-state index contributed by atoms with van der Waals surface area (Å²) in [5, 5.41) is 0. The van der Waals surface area contributed by atoms with E-state index < -0.39 is 0 Å². The fourth-order valence-corrected chi connectivity index (χ4v) is 2.31. The van der Waals surface area contributed by atoms with Gasteiger partial charge >= 0.3 is 0 Å². The normalized spacial score (nSPS) is 16.9. The van der Waals surface area contributed by atoms with Gasteiger partial charge in [-0.1, -0.05) is 24.8 Å². The second kappa shape index (κ2) is 6.62. The molecule has 0 spiro atoms. The van der Waals surface area contributed by atoms with Gasteiger partial charge in [-0.15, -0.1) is 0 Å². The first kappa shape index (κ1) is 13.1. The molecule has 2 nitrogen and oxygen atoms in total. The van der Waals surface area contributed by atoms with Crippen LogP contribution in [0.25, 0.3) is 0 Å². The highest BCUT2D eigenvalue weighted by atomic mass is 16.1. The third kappa shape index (κ3) is 3.92. The van der Waals surface area contributed by atoms with E-state index in [2.05, 4.69) is 0 Å². The zero-order valence-electron chi connectivity index (χ0n) is 10.4. The number of hydrogen-bond donors (Lipinski definition) is 0. The lowest BCUT2D eigenvalue weighted by molar-refractivity contribution is -0.123. The van der Waals surface area contributed by atoms with Crippen molar-refractivity contribution in [1.82, 2.24) is 0 Å². The van der Waals surface area contributed by atoms with Crippen LogP contribution in [0.3, 0.4) is 0 Å². The van der Waals surface area contributed by atoms with Gasteiger partial charge in [0.25, 0.3) is 0 Å². The number of carbonyl (C=O) groups is 2. The number of aldehydes is 1. The monoisotopic (exact) mass is 222 g/mol. The molecule has 0 amide bonds. The van der Waals surface area contributed by atoms with Crippen LogP contribution in [-0.4, -0.2) is 12.1 Å². The van der Waals surface area contributed by atoms with Crippen LogP contribution in [0.2, 0.25) is 0 Å². The molecule has 16 heavy (non-hydrogen) atoms. The summed E-state index contributed by atoms with van der Waals surface area (Å²) >= 11 is 0. The number of hydrogen-bond acceptors (Lipinski definition) is 2. The van der Waals surface area contributed by atoms with Crippen LogP contribution in [0.4, 0.5) is 0 Å². The van der Waals surface area contributed by atoms with Gasteiger partial charge in [-0.3, -0.25) is 9.59 Å². The van der Waals surface area contributed by atoms with E-state index in [1.165, 1.54) is 19.3 Å². The van der Waals surface area contributed by atoms with Gasteiger partial charge in [-0.05, 0) is 38.7 Å². The Morgan fingerprint density at radius 1 is 1.12 bits per heavy atom. The maximum absolute atomic E-state index is 11.9. The van der Waals surface area contributed by atoms with Crippen molar-refractivity contribution in [3.63, 3.8) is 0 Å². The van der Waals surface area contributed by atoms with E-state index >= 15 is 0 Å². The molecule has 1 fully saturated rings. The number of carbonyl (C=O) groups excluding carboxylic acids is 2. The highest BCUT2D eigenvalue weighted by molar-refractivity contribution is 5.83. The summed E-state index contributed by atoms with van der Waals surface area (Å²) in [5.41, 5.74) is 1.83. The Morgan fingerprint density at radius 3 is 2.25 bits per heavy atom. The van der Waals surface area contributed by atoms with Crippen LogP contribution in [0, 0.1) is 5.92 Å². The Labute approximate surface area is 98.1 Å². The van der Waals surface area contributed by atoms with Gasteiger partial charge in [0.05, 0.1) is 0 Å². The van der Waals surface area contributed by atoms with Crippen molar-refractivity contribution in [3.8, 4) is 0 Å². The Balaban J connectivity index is 2.39. The third-order valence-electron chi connectivity index (χ3n) is 3.49. The van der Waals surface area contributed by atoms with Gasteiger partial charge in [0.1, 0.15) is 12.1 Å². The van der Waals surface area contributed by atoms with E-state index in [0.717, 1.165) is 30.3 Å². The Bertz CT molecular complexity index is 279. The second-order valence-electron chi connectivity index (χ2n) is 4.94. The van der Waals surface area contributed by atoms with Crippen LogP contribution in [-0.2, 0) is 9.59 Å². The molecule has 0 radical (unpaired) electrons. The first-order valence-corrected chi connectivity index (χ1v) is 6.29. The molecule has 1 saturated carbocycles. The van der Waals surface area contributed by atoms with Crippen molar-refractivity contribution >= 4 is 12.1 Å². The lowest BCUT2D eigenvalue weighted by Gasteiger charge is -2.20. The maximum Gasteiger partial charge on any atom is 0.145 e. The molecule has 1 rings (SSSR count). The van der Waals surface area contributed by atoms with E-state index in [0.29, 0.717) is 18.6 Å². The lowest BCUT2D eigenvalue weighted by atomic mass is 9.84. The molecule has 0 aromatic rings. The minimum absolute atomic E-state index is 0.277. The van der Waals surface area contributed by atoms with E-state index in [4.69, 9.17) is 0 Å². The summed E-state index contributed by atoms with van der Waals surface area (Å²) in [6.07, 6.45) is 7.85. The van der Waals surface area contributed by atoms with E-state index in [9.17, 15) is 9.59 Å². The average molecular weight is 222 g/mol. The standard InChI is InChI=1S/C14H22O2/c1-11(2)13(10-15)8-9-14(16)12-6-4-3-5-7-12/h10,12H,3-9H2,1-2H3. The number of ketones is 1. The maximum atomic E-state index is 11.9. The summed E-state index contributed by atoms with van der Waals surface area (Å²) in [5.74, 6) is 0.638. The second-order valence-corrected chi connectivity index (χ2v) is 4.94. The van der Waals surface area contributed by atoms with Crippen LogP contribution in [0.1, 0.15) is 58.8 Å². The largest absolute Gasteiger partial charge is 0.299 e. The SMILES string of the molecule is CC(C)=C(C=O)CCC(=O)C1CCCCC1. The fraction of sp³-hybridized carbons (Fsp3) is 0.714. The van der Waals surface area contributed by atoms with Crippen molar-refractivity contribution < 1.29 is 9.59 Å². The minimum Gasteiger partial charge on any atom is -0.299 e. The van der Waals surface area contributed by atoms with Gasteiger partial charge < -0.3 is 0 Å². The summed E-state index contributed by atoms with van der Waals surface area (Å²) in [4.78, 5) is 22.7. The molecule has 1 aliphatic rings. The zero-order valence-corrected chi connectivity index (χ0v) is 10.4. The van der Waals surface area contributed by atoms with Gasteiger partial charge in [-0.2, -0.15) is 0 Å². The van der Waals surface area contributed by atoms with Crippen molar-refractivity contribution in [2.24, 2.45) is 5.92 Å². The molecule has 0 heterocycles. The smallest absolute Gasteiger partial charge is 0.145 e. The van der Waals surface area contributed by atoms with Crippen molar-refractivity contribution in [2.45, 2.75) is 58.8 Å². The molecule has 0 atom stereocenters. The molecular formula is C14H22O2. The molecule has 1 aliphatic carbocycles. The lowest BCUT2D eigenvalue weighted by Crippen LogP contribution is -2.17. The summed E-state index contributed by atoms with van der Waals surface area (Å²) in [7, 11) is 0. The predicted octanol–water partition coefficient (Wildman–Crippen LogP) is 3.45. The van der Waals surface area contributed by atoms with Crippen LogP contribution in [0.15, 0.2) is 11.1 Å². The molecule has 0 aromatic heterocycles. The van der Waals surface area contributed by atoms with Crippen molar-refractivity contribution in [1.29, 1.82) is 0 Å². The molecule has 0 unspecified atom stereocenters. The highest BCUT2D eigenvalue weighted by Gasteiger charge is 2.20. The van der Waals surface area contributed by atoms with Crippen LogP contribution in [0.5, 0.6) is 0 Å². The van der Waals surface area contributed by atoms with Crippen LogP contribution >= 0.6 is 0 Å². The molecular weight excluding hydrogens is 200 g/mol. The predicted molar refractivity (Wildman–Crippen MR) is 65.3 cm³/mol. The summed E-state index contributed by atoms with van der Waals surface area (Å²) in [6.45, 7) is 3.85. The number of allylic oxidation sites excluding steroid dienone is 2. The van der Waals surface area contributed by atoms with Crippen LogP contribution < -0.4 is 0 Å². The zero-order chi connectivity index (χ0) is 12.0. The minimum atomic E-state index is 0.277. The molecule has 2 heteroatoms. The first-order valence-electron chi connectivity index (χ1n) is 6.29. The molecule has 0 saturated heterocycles. The quantitative estimate of drug-likeness (QED) is 0.527. The topological polar surface area (TPSA) is 34.1 Å². The molecule has 0 N–H and O–H groups in total. The van der Waals surface area contributed by atoms with Gasteiger partial charge in [0.15, 0.2) is 0 Å². The van der Waals surface area contributed by atoms with Gasteiger partial charge in [0, 0.05) is 12.3 Å². The van der Waals surface area contributed by atoms with Gasteiger partial charge in [-0.25, -0.2) is 0 Å². The third-order valence-corrected chi connectivity index (χ3v) is 3.49. The molecule has 0 bridgehead atoms. The Kier molecular flexibility index (Phi) is 5.44. The summed E-state index contributed by atoms with van der Waals surface area (Å²) in [6, 6.07) is 0.